The Morgan fingerprint density at radius 2 is 1.74 bits per heavy atom. The van der Waals surface area contributed by atoms with Crippen LogP contribution in [0.4, 0.5) is 15.2 Å². The lowest BCUT2D eigenvalue weighted by Crippen LogP contribution is -2.17. The van der Waals surface area contributed by atoms with E-state index in [-0.39, 0.29) is 17.8 Å². The van der Waals surface area contributed by atoms with Crippen LogP contribution in [0, 0.1) is 19.7 Å². The molecule has 6 heteroatoms. The van der Waals surface area contributed by atoms with Crippen LogP contribution in [0.25, 0.3) is 0 Å². The number of benzene rings is 2. The number of halogens is 1. The Morgan fingerprint density at radius 3 is 2.48 bits per heavy atom. The van der Waals surface area contributed by atoms with Crippen molar-refractivity contribution in [2.24, 2.45) is 0 Å². The molecule has 0 radical (unpaired) electrons. The van der Waals surface area contributed by atoms with Crippen LogP contribution in [0.3, 0.4) is 0 Å². The van der Waals surface area contributed by atoms with E-state index in [1.54, 1.807) is 18.2 Å². The molecule has 2 aromatic heterocycles. The van der Waals surface area contributed by atoms with Gasteiger partial charge >= 0.3 is 0 Å². The highest BCUT2D eigenvalue weighted by molar-refractivity contribution is 7.16. The third-order valence-electron chi connectivity index (χ3n) is 4.82. The lowest BCUT2D eigenvalue weighted by Gasteiger charge is -2.21. The highest BCUT2D eigenvalue weighted by Crippen LogP contribution is 2.37. The fourth-order valence-electron chi connectivity index (χ4n) is 3.41. The van der Waals surface area contributed by atoms with E-state index in [1.807, 2.05) is 62.4 Å². The first-order chi connectivity index (χ1) is 15.0. The van der Waals surface area contributed by atoms with Gasteiger partial charge in [-0.3, -0.25) is 4.79 Å². The Morgan fingerprint density at radius 1 is 0.968 bits per heavy atom. The smallest absolute Gasteiger partial charge is 0.256 e. The van der Waals surface area contributed by atoms with E-state index < -0.39 is 0 Å². The van der Waals surface area contributed by atoms with E-state index in [9.17, 15) is 9.18 Å². The molecular weight excluding hydrogens is 409 g/mol. The van der Waals surface area contributed by atoms with Crippen molar-refractivity contribution in [1.29, 1.82) is 0 Å². The number of anilines is 2. The summed E-state index contributed by atoms with van der Waals surface area (Å²) in [4.78, 5) is 18.4. The van der Waals surface area contributed by atoms with Crippen molar-refractivity contribution >= 4 is 28.1 Å². The minimum atomic E-state index is -0.388. The number of rotatable bonds is 6. The van der Waals surface area contributed by atoms with Crippen molar-refractivity contribution in [3.05, 3.63) is 112 Å². The molecule has 4 rings (SSSR count). The summed E-state index contributed by atoms with van der Waals surface area (Å²) in [5, 5.41) is 7.18. The molecule has 156 valence electrons. The molecule has 2 N–H and O–H groups in total. The van der Waals surface area contributed by atoms with Crippen molar-refractivity contribution in [2.75, 3.05) is 10.6 Å². The summed E-state index contributed by atoms with van der Waals surface area (Å²) in [6.45, 7) is 3.91. The molecule has 1 amide bonds. The maximum absolute atomic E-state index is 14.1. The van der Waals surface area contributed by atoms with E-state index in [4.69, 9.17) is 0 Å². The number of carbonyl (C=O) groups excluding carboxylic acids is 1. The van der Waals surface area contributed by atoms with Gasteiger partial charge in [-0.15, -0.1) is 11.3 Å². The lowest BCUT2D eigenvalue weighted by atomic mass is 9.99. The maximum Gasteiger partial charge on any atom is 0.256 e. The average Bonchev–Trinajstić information content (AvgIpc) is 3.12. The molecule has 0 bridgehead atoms. The molecule has 4 aromatic rings. The second-order valence-electron chi connectivity index (χ2n) is 7.26. The number of pyridine rings is 1. The number of amides is 1. The standard InChI is InChI=1S/C25H22FN3OS/c1-16-8-6-13-22(27-16)28-23(19-11-7-12-20(26)15-19)21-14-17(2)31-25(21)29-24(30)18-9-4-3-5-10-18/h3-15,23H,1-2H3,(H,27,28)(H,29,30). The normalized spacial score (nSPS) is 11.7. The van der Waals surface area contributed by atoms with E-state index >= 15 is 0 Å². The molecule has 0 fully saturated rings. The van der Waals surface area contributed by atoms with Crippen LogP contribution in [0.15, 0.2) is 78.9 Å². The van der Waals surface area contributed by atoms with E-state index in [0.29, 0.717) is 11.4 Å². The Kier molecular flexibility index (Phi) is 6.09. The molecule has 0 spiro atoms. The quantitative estimate of drug-likeness (QED) is 0.374. The number of hydrogen-bond acceptors (Lipinski definition) is 4. The second-order valence-corrected chi connectivity index (χ2v) is 8.51. The Bertz CT molecular complexity index is 1210. The van der Waals surface area contributed by atoms with Crippen LogP contribution in [-0.4, -0.2) is 10.9 Å². The van der Waals surface area contributed by atoms with E-state index in [0.717, 1.165) is 26.7 Å². The minimum Gasteiger partial charge on any atom is -0.359 e. The largest absolute Gasteiger partial charge is 0.359 e. The van der Waals surface area contributed by atoms with Gasteiger partial charge in [0.15, 0.2) is 0 Å². The van der Waals surface area contributed by atoms with Gasteiger partial charge in [-0.1, -0.05) is 36.4 Å². The molecule has 2 heterocycles. The molecular formula is C25H22FN3OS. The first-order valence-electron chi connectivity index (χ1n) is 9.92. The van der Waals surface area contributed by atoms with Gasteiger partial charge in [-0.2, -0.15) is 0 Å². The Hall–Kier alpha value is -3.51. The summed E-state index contributed by atoms with van der Waals surface area (Å²) in [6.07, 6.45) is 0. The summed E-state index contributed by atoms with van der Waals surface area (Å²) < 4.78 is 14.1. The topological polar surface area (TPSA) is 54.0 Å². The highest BCUT2D eigenvalue weighted by Gasteiger charge is 2.22. The van der Waals surface area contributed by atoms with Gasteiger partial charge in [-0.05, 0) is 61.9 Å². The number of carbonyl (C=O) groups is 1. The van der Waals surface area contributed by atoms with Gasteiger partial charge in [0.05, 0.1) is 6.04 Å². The summed E-state index contributed by atoms with van der Waals surface area (Å²) in [5.41, 5.74) is 3.06. The maximum atomic E-state index is 14.1. The molecule has 0 saturated heterocycles. The molecule has 1 unspecified atom stereocenters. The molecule has 2 aromatic carbocycles. The number of thiophene rings is 1. The van der Waals surface area contributed by atoms with Crippen LogP contribution in [0.1, 0.15) is 38.1 Å². The first kappa shape index (κ1) is 20.8. The molecule has 4 nitrogen and oxygen atoms in total. The van der Waals surface area contributed by atoms with Crippen molar-refractivity contribution in [2.45, 2.75) is 19.9 Å². The third-order valence-corrected chi connectivity index (χ3v) is 5.80. The number of hydrogen-bond donors (Lipinski definition) is 2. The predicted molar refractivity (Wildman–Crippen MR) is 124 cm³/mol. The summed E-state index contributed by atoms with van der Waals surface area (Å²) in [6, 6.07) is 22.9. The van der Waals surface area contributed by atoms with Gasteiger partial charge < -0.3 is 10.6 Å². The zero-order valence-electron chi connectivity index (χ0n) is 17.2. The van der Waals surface area contributed by atoms with E-state index in [2.05, 4.69) is 15.6 Å². The van der Waals surface area contributed by atoms with Gasteiger partial charge in [0.1, 0.15) is 16.6 Å². The zero-order chi connectivity index (χ0) is 21.8. The monoisotopic (exact) mass is 431 g/mol. The molecule has 1 atom stereocenters. The minimum absolute atomic E-state index is 0.185. The van der Waals surface area contributed by atoms with Crippen LogP contribution in [-0.2, 0) is 0 Å². The predicted octanol–water partition coefficient (Wildman–Crippen LogP) is 6.35. The first-order valence-corrected chi connectivity index (χ1v) is 10.7. The second kappa shape index (κ2) is 9.10. The fraction of sp³-hybridized carbons (Fsp3) is 0.120. The lowest BCUT2D eigenvalue weighted by molar-refractivity contribution is 0.102. The summed E-state index contributed by atoms with van der Waals surface area (Å²) in [5.74, 6) is 0.178. The molecule has 0 saturated carbocycles. The Balaban J connectivity index is 1.73. The van der Waals surface area contributed by atoms with Crippen LogP contribution in [0.5, 0.6) is 0 Å². The van der Waals surface area contributed by atoms with Crippen molar-refractivity contribution < 1.29 is 9.18 Å². The number of nitrogens with zero attached hydrogens (tertiary/aromatic N) is 1. The van der Waals surface area contributed by atoms with Gasteiger partial charge in [0.25, 0.3) is 5.91 Å². The van der Waals surface area contributed by atoms with Crippen molar-refractivity contribution in [3.63, 3.8) is 0 Å². The van der Waals surface area contributed by atoms with Gasteiger partial charge in [0, 0.05) is 21.7 Å². The SMILES string of the molecule is Cc1cccc(NC(c2cccc(F)c2)c2cc(C)sc2NC(=O)c2ccccc2)n1. The van der Waals surface area contributed by atoms with Gasteiger partial charge in [0.2, 0.25) is 0 Å². The Labute approximate surface area is 184 Å². The zero-order valence-corrected chi connectivity index (χ0v) is 18.0. The van der Waals surface area contributed by atoms with Crippen molar-refractivity contribution in [1.82, 2.24) is 4.98 Å². The molecule has 0 aliphatic carbocycles. The van der Waals surface area contributed by atoms with Gasteiger partial charge in [-0.25, -0.2) is 9.37 Å². The molecule has 0 aliphatic heterocycles. The fourth-order valence-corrected chi connectivity index (χ4v) is 4.36. The number of aromatic nitrogens is 1. The summed E-state index contributed by atoms with van der Waals surface area (Å²) in [7, 11) is 0. The average molecular weight is 432 g/mol. The van der Waals surface area contributed by atoms with E-state index in [1.165, 1.54) is 23.5 Å². The van der Waals surface area contributed by atoms with Crippen LogP contribution in [0.2, 0.25) is 0 Å². The number of nitrogens with one attached hydrogen (secondary N) is 2. The number of aryl methyl sites for hydroxylation is 2. The summed E-state index contributed by atoms with van der Waals surface area (Å²) >= 11 is 1.49. The highest BCUT2D eigenvalue weighted by atomic mass is 32.1. The van der Waals surface area contributed by atoms with Crippen molar-refractivity contribution in [3.8, 4) is 0 Å². The van der Waals surface area contributed by atoms with Crippen LogP contribution >= 0.6 is 11.3 Å². The third kappa shape index (κ3) is 4.98. The molecule has 31 heavy (non-hydrogen) atoms. The molecule has 0 aliphatic rings. The van der Waals surface area contributed by atoms with Crippen LogP contribution < -0.4 is 10.6 Å².